The number of aryl methyl sites for hydroxylation is 1. The summed E-state index contributed by atoms with van der Waals surface area (Å²) in [5.74, 6) is -0.446. The molecule has 1 aliphatic carbocycles. The van der Waals surface area contributed by atoms with Gasteiger partial charge >= 0.3 is 0 Å². The number of fused-ring (bicyclic) bond motifs is 2. The van der Waals surface area contributed by atoms with Crippen molar-refractivity contribution in [3.05, 3.63) is 88.5 Å². The highest BCUT2D eigenvalue weighted by Gasteiger charge is 2.55. The average Bonchev–Trinajstić information content (AvgIpc) is 3.09. The lowest BCUT2D eigenvalue weighted by Crippen LogP contribution is -2.62. The number of ether oxygens (including phenoxy) is 1. The van der Waals surface area contributed by atoms with Crippen LogP contribution in [0.2, 0.25) is 0 Å². The van der Waals surface area contributed by atoms with Gasteiger partial charge in [0.2, 0.25) is 0 Å². The van der Waals surface area contributed by atoms with E-state index in [1.165, 1.54) is 43.0 Å². The molecule has 0 aromatic heterocycles. The highest BCUT2D eigenvalue weighted by Crippen LogP contribution is 2.53. The number of aromatic hydroxyl groups is 5. The maximum atomic E-state index is 11.2. The summed E-state index contributed by atoms with van der Waals surface area (Å²) in [6.45, 7) is 0.962. The molecule has 4 aromatic carbocycles. The molecule has 0 radical (unpaired) electrons. The fourth-order valence-corrected chi connectivity index (χ4v) is 8.69. The molecule has 0 amide bonds. The number of hydrogen-bond donors (Lipinski definition) is 7. The molecule has 7 N–H and O–H groups in total. The summed E-state index contributed by atoms with van der Waals surface area (Å²) in [6.07, 6.45) is 12.6. The number of hydrogen-bond acceptors (Lipinski definition) is 8. The Bertz CT molecular complexity index is 1810. The van der Waals surface area contributed by atoms with Crippen LogP contribution in [0.4, 0.5) is 0 Å². The smallest absolute Gasteiger partial charge is 0.169 e. The lowest BCUT2D eigenvalue weighted by molar-refractivity contribution is -0.241. The average molecular weight is 652 g/mol. The normalized spacial score (nSPS) is 25.4. The number of benzene rings is 4. The fourth-order valence-electron chi connectivity index (χ4n) is 8.69. The highest BCUT2D eigenvalue weighted by molar-refractivity contribution is 6.03. The maximum absolute atomic E-state index is 11.2. The Labute approximate surface area is 281 Å². The van der Waals surface area contributed by atoms with E-state index in [0.717, 1.165) is 37.8 Å². The first-order valence-electron chi connectivity index (χ1n) is 17.2. The minimum atomic E-state index is -0.361. The number of aliphatic hydroxyl groups excluding tert-OH is 1. The molecule has 7 rings (SSSR count). The zero-order valence-corrected chi connectivity index (χ0v) is 27.1. The SMILES string of the molecule is OC[C@@H]1CCC[C@@H]2CC[C@H]3C[C@H](NCc4ccc(CCc5c(O)c(O)c6c(O)cccc6c5C=Cc5ccc(O)c(O)c5)cc4)C[C@@]21O3. The van der Waals surface area contributed by atoms with Crippen molar-refractivity contribution in [3.8, 4) is 28.7 Å². The molecule has 48 heavy (non-hydrogen) atoms. The minimum absolute atomic E-state index is 0.136. The molecule has 2 aliphatic heterocycles. The van der Waals surface area contributed by atoms with E-state index in [1.54, 1.807) is 30.4 Å². The fraction of sp³-hybridized carbons (Fsp3) is 0.400. The number of nitrogens with one attached hydrogen (secondary N) is 1. The molecular weight excluding hydrogens is 606 g/mol. The van der Waals surface area contributed by atoms with Crippen LogP contribution in [0.5, 0.6) is 28.7 Å². The van der Waals surface area contributed by atoms with Gasteiger partial charge in [-0.2, -0.15) is 0 Å². The van der Waals surface area contributed by atoms with Crippen LogP contribution < -0.4 is 5.32 Å². The van der Waals surface area contributed by atoms with E-state index in [2.05, 4.69) is 29.6 Å². The number of aliphatic hydroxyl groups is 1. The standard InChI is InChI=1S/C40H45NO7/c42-23-28-4-1-3-27-14-15-30-20-29(21-40(27,28)48-30)41-22-26-9-7-24(8-10-26)11-17-33-31(16-12-25-13-18-34(43)36(45)19-25)32-5-2-6-35(44)37(32)39(47)38(33)46/h2,5-10,12-13,16,18-19,27-30,41-47H,1,3-4,11,14-15,17,20-23H2/t27-,28+,29+,30+,40-/m1/s1. The number of rotatable bonds is 9. The molecule has 5 atom stereocenters. The van der Waals surface area contributed by atoms with Gasteiger partial charge in [0, 0.05) is 30.7 Å². The summed E-state index contributed by atoms with van der Waals surface area (Å²) in [5.41, 5.74) is 3.92. The Kier molecular flexibility index (Phi) is 8.98. The second-order valence-electron chi connectivity index (χ2n) is 14.0. The van der Waals surface area contributed by atoms with Gasteiger partial charge in [-0.15, -0.1) is 0 Å². The molecule has 2 saturated heterocycles. The van der Waals surface area contributed by atoms with E-state index >= 15 is 0 Å². The zero-order chi connectivity index (χ0) is 33.4. The molecule has 1 saturated carbocycles. The van der Waals surface area contributed by atoms with Gasteiger partial charge in [0.25, 0.3) is 0 Å². The van der Waals surface area contributed by atoms with E-state index in [4.69, 9.17) is 4.74 Å². The molecule has 8 heteroatoms. The van der Waals surface area contributed by atoms with Crippen molar-refractivity contribution in [2.75, 3.05) is 6.61 Å². The zero-order valence-electron chi connectivity index (χ0n) is 27.1. The van der Waals surface area contributed by atoms with Crippen LogP contribution in [0.3, 0.4) is 0 Å². The van der Waals surface area contributed by atoms with E-state index in [-0.39, 0.29) is 58.4 Å². The van der Waals surface area contributed by atoms with Crippen LogP contribution in [0.1, 0.15) is 72.8 Å². The van der Waals surface area contributed by atoms with Crippen LogP contribution in [-0.2, 0) is 24.1 Å². The lowest BCUT2D eigenvalue weighted by atomic mass is 9.60. The Morgan fingerprint density at radius 1 is 0.792 bits per heavy atom. The third-order valence-corrected chi connectivity index (χ3v) is 11.2. The van der Waals surface area contributed by atoms with Crippen molar-refractivity contribution >= 4 is 22.9 Å². The monoisotopic (exact) mass is 651 g/mol. The Hall–Kier alpha value is -4.24. The van der Waals surface area contributed by atoms with Crippen LogP contribution >= 0.6 is 0 Å². The third kappa shape index (κ3) is 6.09. The van der Waals surface area contributed by atoms with Crippen LogP contribution in [0, 0.1) is 11.8 Å². The van der Waals surface area contributed by atoms with Gasteiger partial charge in [0.05, 0.1) is 17.1 Å². The van der Waals surface area contributed by atoms with Gasteiger partial charge in [-0.3, -0.25) is 0 Å². The van der Waals surface area contributed by atoms with Crippen LogP contribution in [0.15, 0.2) is 60.7 Å². The van der Waals surface area contributed by atoms with Gasteiger partial charge in [0.1, 0.15) is 5.75 Å². The first-order valence-corrected chi connectivity index (χ1v) is 17.2. The summed E-state index contributed by atoms with van der Waals surface area (Å²) >= 11 is 0. The van der Waals surface area contributed by atoms with Crippen molar-refractivity contribution in [3.63, 3.8) is 0 Å². The van der Waals surface area contributed by atoms with Gasteiger partial charge in [-0.1, -0.05) is 61.0 Å². The summed E-state index contributed by atoms with van der Waals surface area (Å²) in [4.78, 5) is 0. The van der Waals surface area contributed by atoms with Gasteiger partial charge in [-0.25, -0.2) is 0 Å². The van der Waals surface area contributed by atoms with Gasteiger partial charge in [-0.05, 0) is 103 Å². The van der Waals surface area contributed by atoms with Crippen LogP contribution in [-0.4, -0.2) is 55.0 Å². The summed E-state index contributed by atoms with van der Waals surface area (Å²) in [5, 5.41) is 67.1. The predicted molar refractivity (Wildman–Crippen MR) is 186 cm³/mol. The topological polar surface area (TPSA) is 143 Å². The van der Waals surface area contributed by atoms with Crippen molar-refractivity contribution in [1.29, 1.82) is 0 Å². The Balaban J connectivity index is 1.06. The molecule has 2 heterocycles. The summed E-state index contributed by atoms with van der Waals surface area (Å²) < 4.78 is 6.71. The maximum Gasteiger partial charge on any atom is 0.169 e. The van der Waals surface area contributed by atoms with E-state index in [0.29, 0.717) is 46.9 Å². The second-order valence-corrected chi connectivity index (χ2v) is 14.0. The summed E-state index contributed by atoms with van der Waals surface area (Å²) in [6, 6.07) is 18.3. The first kappa shape index (κ1) is 32.3. The Morgan fingerprint density at radius 3 is 2.40 bits per heavy atom. The number of phenolic OH excluding ortho intramolecular Hbond substituents is 5. The molecule has 0 unspecified atom stereocenters. The molecular formula is C40H45NO7. The van der Waals surface area contributed by atoms with E-state index in [1.807, 2.05) is 0 Å². The van der Waals surface area contributed by atoms with Crippen molar-refractivity contribution in [2.24, 2.45) is 11.8 Å². The van der Waals surface area contributed by atoms with Crippen LogP contribution in [0.25, 0.3) is 22.9 Å². The molecule has 8 nitrogen and oxygen atoms in total. The van der Waals surface area contributed by atoms with Crippen molar-refractivity contribution in [1.82, 2.24) is 5.32 Å². The van der Waals surface area contributed by atoms with Gasteiger partial charge < -0.3 is 40.7 Å². The van der Waals surface area contributed by atoms with Gasteiger partial charge in [0.15, 0.2) is 23.0 Å². The van der Waals surface area contributed by atoms with Crippen molar-refractivity contribution < 1.29 is 35.4 Å². The molecule has 3 aliphatic rings. The van der Waals surface area contributed by atoms with Crippen molar-refractivity contribution in [2.45, 2.75) is 82.1 Å². The van der Waals surface area contributed by atoms with E-state index < -0.39 is 0 Å². The predicted octanol–water partition coefficient (Wildman–Crippen LogP) is 6.90. The first-order chi connectivity index (χ1) is 23.3. The lowest BCUT2D eigenvalue weighted by Gasteiger charge is -2.58. The molecule has 4 aromatic rings. The molecule has 1 spiro atoms. The highest BCUT2D eigenvalue weighted by atomic mass is 16.5. The summed E-state index contributed by atoms with van der Waals surface area (Å²) in [7, 11) is 0. The molecule has 2 bridgehead atoms. The molecule has 3 fully saturated rings. The number of phenols is 5. The minimum Gasteiger partial charge on any atom is -0.507 e. The quantitative estimate of drug-likeness (QED) is 0.0765. The second kappa shape index (κ2) is 13.3. The Morgan fingerprint density at radius 2 is 1.60 bits per heavy atom. The third-order valence-electron chi connectivity index (χ3n) is 11.2. The molecule has 252 valence electrons. The largest absolute Gasteiger partial charge is 0.507 e. The van der Waals surface area contributed by atoms with E-state index in [9.17, 15) is 30.6 Å².